The lowest BCUT2D eigenvalue weighted by Gasteiger charge is -2.14. The quantitative estimate of drug-likeness (QED) is 0.732. The summed E-state index contributed by atoms with van der Waals surface area (Å²) in [5.41, 5.74) is 3.45. The second-order valence-electron chi connectivity index (χ2n) is 6.30. The summed E-state index contributed by atoms with van der Waals surface area (Å²) in [6, 6.07) is 14.3. The van der Waals surface area contributed by atoms with E-state index >= 15 is 0 Å². The van der Waals surface area contributed by atoms with Crippen LogP contribution in [-0.4, -0.2) is 15.7 Å². The number of nitrogens with one attached hydrogen (secondary N) is 1. The average Bonchev–Trinajstić information content (AvgIpc) is 2.64. The SMILES string of the molecule is CCc1cccc(C)c1NC(=O)c1nn(-c2ccc(Cl)cc2)c(C)cc1=O. The molecule has 0 bridgehead atoms. The molecule has 0 aliphatic heterocycles. The van der Waals surface area contributed by atoms with Crippen LogP contribution in [0.5, 0.6) is 0 Å². The molecule has 138 valence electrons. The lowest BCUT2D eigenvalue weighted by molar-refractivity contribution is 0.101. The molecule has 3 aromatic rings. The van der Waals surface area contributed by atoms with E-state index in [2.05, 4.69) is 10.4 Å². The summed E-state index contributed by atoms with van der Waals surface area (Å²) in [4.78, 5) is 25.2. The zero-order valence-electron chi connectivity index (χ0n) is 15.4. The van der Waals surface area contributed by atoms with Gasteiger partial charge in [0.2, 0.25) is 5.43 Å². The number of benzene rings is 2. The van der Waals surface area contributed by atoms with Crippen molar-refractivity contribution in [3.8, 4) is 5.69 Å². The molecule has 2 aromatic carbocycles. The topological polar surface area (TPSA) is 64.0 Å². The van der Waals surface area contributed by atoms with E-state index in [0.29, 0.717) is 10.7 Å². The first-order valence-electron chi connectivity index (χ1n) is 8.67. The highest BCUT2D eigenvalue weighted by atomic mass is 35.5. The summed E-state index contributed by atoms with van der Waals surface area (Å²) >= 11 is 5.94. The van der Waals surface area contributed by atoms with Crippen LogP contribution in [0.3, 0.4) is 0 Å². The van der Waals surface area contributed by atoms with Crippen LogP contribution in [-0.2, 0) is 6.42 Å². The number of hydrogen-bond donors (Lipinski definition) is 1. The Kier molecular flexibility index (Phi) is 5.42. The molecule has 0 atom stereocenters. The number of aryl methyl sites for hydroxylation is 3. The van der Waals surface area contributed by atoms with E-state index in [4.69, 9.17) is 11.6 Å². The smallest absolute Gasteiger partial charge is 0.280 e. The number of rotatable bonds is 4. The number of hydrogen-bond acceptors (Lipinski definition) is 3. The maximum Gasteiger partial charge on any atom is 0.280 e. The Hall–Kier alpha value is -2.92. The van der Waals surface area contributed by atoms with Crippen molar-refractivity contribution in [1.29, 1.82) is 0 Å². The van der Waals surface area contributed by atoms with Crippen molar-refractivity contribution in [2.24, 2.45) is 0 Å². The second kappa shape index (κ2) is 7.76. The third-order valence-electron chi connectivity index (χ3n) is 4.37. The van der Waals surface area contributed by atoms with Gasteiger partial charge >= 0.3 is 0 Å². The van der Waals surface area contributed by atoms with Gasteiger partial charge in [0.1, 0.15) is 0 Å². The minimum atomic E-state index is -0.522. The van der Waals surface area contributed by atoms with E-state index in [1.807, 2.05) is 32.0 Å². The van der Waals surface area contributed by atoms with Gasteiger partial charge in [-0.15, -0.1) is 0 Å². The molecule has 0 fully saturated rings. The molecule has 5 nitrogen and oxygen atoms in total. The van der Waals surface area contributed by atoms with E-state index < -0.39 is 11.3 Å². The molecule has 1 heterocycles. The van der Waals surface area contributed by atoms with E-state index in [0.717, 1.165) is 28.9 Å². The third-order valence-corrected chi connectivity index (χ3v) is 4.62. The summed E-state index contributed by atoms with van der Waals surface area (Å²) in [7, 11) is 0. The summed E-state index contributed by atoms with van der Waals surface area (Å²) in [5.74, 6) is -0.522. The first-order valence-corrected chi connectivity index (χ1v) is 9.05. The highest BCUT2D eigenvalue weighted by Gasteiger charge is 2.17. The molecule has 3 rings (SSSR count). The van der Waals surface area contributed by atoms with Gasteiger partial charge in [0.05, 0.1) is 5.69 Å². The molecule has 1 aromatic heterocycles. The Bertz CT molecular complexity index is 1060. The normalized spacial score (nSPS) is 10.7. The van der Waals surface area contributed by atoms with Gasteiger partial charge in [0.15, 0.2) is 5.69 Å². The van der Waals surface area contributed by atoms with Crippen LogP contribution in [0.2, 0.25) is 5.02 Å². The predicted molar refractivity (Wildman–Crippen MR) is 108 cm³/mol. The number of amides is 1. The van der Waals surface area contributed by atoms with Crippen molar-refractivity contribution in [3.63, 3.8) is 0 Å². The maximum absolute atomic E-state index is 12.8. The van der Waals surface area contributed by atoms with Gasteiger partial charge in [-0.25, -0.2) is 4.68 Å². The Morgan fingerprint density at radius 3 is 2.52 bits per heavy atom. The van der Waals surface area contributed by atoms with Crippen LogP contribution in [0.4, 0.5) is 5.69 Å². The molecule has 0 radical (unpaired) electrons. The molecule has 1 N–H and O–H groups in total. The largest absolute Gasteiger partial charge is 0.320 e. The predicted octanol–water partition coefficient (Wildman–Crippen LogP) is 4.32. The molecule has 0 aliphatic carbocycles. The fourth-order valence-electron chi connectivity index (χ4n) is 2.92. The number of carbonyl (C=O) groups excluding carboxylic acids is 1. The van der Waals surface area contributed by atoms with Crippen LogP contribution < -0.4 is 10.7 Å². The van der Waals surface area contributed by atoms with Gasteiger partial charge in [-0.3, -0.25) is 9.59 Å². The molecule has 6 heteroatoms. The third kappa shape index (κ3) is 3.93. The lowest BCUT2D eigenvalue weighted by atomic mass is 10.1. The number of carbonyl (C=O) groups is 1. The first-order chi connectivity index (χ1) is 12.9. The van der Waals surface area contributed by atoms with E-state index in [9.17, 15) is 9.59 Å². The van der Waals surface area contributed by atoms with Crippen LogP contribution in [0.15, 0.2) is 53.3 Å². The van der Waals surface area contributed by atoms with Gasteiger partial charge in [-0.2, -0.15) is 5.10 Å². The van der Waals surface area contributed by atoms with Crippen molar-refractivity contribution >= 4 is 23.2 Å². The molecular weight excluding hydrogens is 362 g/mol. The van der Waals surface area contributed by atoms with Crippen molar-refractivity contribution in [3.05, 3.63) is 86.3 Å². The lowest BCUT2D eigenvalue weighted by Crippen LogP contribution is -2.27. The Balaban J connectivity index is 2.02. The second-order valence-corrected chi connectivity index (χ2v) is 6.74. The van der Waals surface area contributed by atoms with Gasteiger partial charge < -0.3 is 5.32 Å². The van der Waals surface area contributed by atoms with Crippen LogP contribution in [0.1, 0.15) is 34.2 Å². The summed E-state index contributed by atoms with van der Waals surface area (Å²) in [5, 5.41) is 7.76. The fraction of sp³-hybridized carbons (Fsp3) is 0.190. The number of nitrogens with zero attached hydrogens (tertiary/aromatic N) is 2. The van der Waals surface area contributed by atoms with E-state index in [1.165, 1.54) is 6.07 Å². The summed E-state index contributed by atoms with van der Waals surface area (Å²) in [6.45, 7) is 5.70. The molecule has 0 unspecified atom stereocenters. The van der Waals surface area contributed by atoms with Crippen molar-refractivity contribution in [1.82, 2.24) is 9.78 Å². The van der Waals surface area contributed by atoms with Crippen molar-refractivity contribution < 1.29 is 4.79 Å². The molecular formula is C21H20ClN3O2. The van der Waals surface area contributed by atoms with Crippen LogP contribution in [0.25, 0.3) is 5.69 Å². The minimum Gasteiger partial charge on any atom is -0.320 e. The number of anilines is 1. The van der Waals surface area contributed by atoms with E-state index in [-0.39, 0.29) is 5.69 Å². The minimum absolute atomic E-state index is 0.152. The van der Waals surface area contributed by atoms with E-state index in [1.54, 1.807) is 35.9 Å². The van der Waals surface area contributed by atoms with Crippen molar-refractivity contribution in [2.45, 2.75) is 27.2 Å². The maximum atomic E-state index is 12.8. The van der Waals surface area contributed by atoms with Gasteiger partial charge in [-0.1, -0.05) is 36.7 Å². The number of para-hydroxylation sites is 1. The Morgan fingerprint density at radius 2 is 1.85 bits per heavy atom. The number of aromatic nitrogens is 2. The standard InChI is InChI=1S/C21H20ClN3O2/c1-4-15-7-5-6-13(2)19(15)23-21(27)20-18(26)12-14(3)25(24-20)17-10-8-16(22)9-11-17/h5-12H,4H2,1-3H3,(H,23,27). The molecule has 27 heavy (non-hydrogen) atoms. The molecule has 0 saturated carbocycles. The highest BCUT2D eigenvalue weighted by Crippen LogP contribution is 2.21. The Morgan fingerprint density at radius 1 is 1.15 bits per heavy atom. The zero-order chi connectivity index (χ0) is 19.6. The average molecular weight is 382 g/mol. The van der Waals surface area contributed by atoms with Crippen LogP contribution in [0, 0.1) is 13.8 Å². The fourth-order valence-corrected chi connectivity index (χ4v) is 3.05. The first kappa shape index (κ1) is 18.9. The van der Waals surface area contributed by atoms with Gasteiger partial charge in [-0.05, 0) is 55.7 Å². The van der Waals surface area contributed by atoms with Gasteiger partial charge in [0, 0.05) is 22.5 Å². The molecule has 1 amide bonds. The van der Waals surface area contributed by atoms with Crippen LogP contribution >= 0.6 is 11.6 Å². The molecule has 0 aliphatic rings. The van der Waals surface area contributed by atoms with Gasteiger partial charge in [0.25, 0.3) is 5.91 Å². The summed E-state index contributed by atoms with van der Waals surface area (Å²) in [6.07, 6.45) is 0.771. The number of halogens is 1. The highest BCUT2D eigenvalue weighted by molar-refractivity contribution is 6.30. The molecule has 0 saturated heterocycles. The Labute approximate surface area is 162 Å². The van der Waals surface area contributed by atoms with Crippen molar-refractivity contribution in [2.75, 3.05) is 5.32 Å². The zero-order valence-corrected chi connectivity index (χ0v) is 16.2. The monoisotopic (exact) mass is 381 g/mol. The molecule has 0 spiro atoms. The summed E-state index contributed by atoms with van der Waals surface area (Å²) < 4.78 is 1.56.